The molecule has 3 unspecified atom stereocenters. The lowest BCUT2D eigenvalue weighted by Gasteiger charge is -2.36. The summed E-state index contributed by atoms with van der Waals surface area (Å²) in [5.74, 6) is 0. The van der Waals surface area contributed by atoms with Crippen LogP contribution in [0, 0.1) is 0 Å². The van der Waals surface area contributed by atoms with Crippen LogP contribution in [0.4, 0.5) is 0 Å². The lowest BCUT2D eigenvalue weighted by molar-refractivity contribution is -0.0768. The molecule has 1 N–H and O–H groups in total. The molecular weight excluding hydrogens is 346 g/mol. The summed E-state index contributed by atoms with van der Waals surface area (Å²) in [7, 11) is 0. The Kier molecular flexibility index (Phi) is 7.42. The zero-order valence-electron chi connectivity index (χ0n) is 16.6. The number of rotatable bonds is 11. The molecule has 0 spiro atoms. The van der Waals surface area contributed by atoms with Crippen molar-refractivity contribution in [1.29, 1.82) is 0 Å². The molecule has 4 aliphatic rings. The second-order valence-electron chi connectivity index (χ2n) is 8.88. The van der Waals surface area contributed by atoms with Crippen LogP contribution in [0.2, 0.25) is 0 Å². The molecule has 2 heterocycles. The lowest BCUT2D eigenvalue weighted by Crippen LogP contribution is -2.43. The lowest BCUT2D eigenvalue weighted by atomic mass is 9.91. The highest BCUT2D eigenvalue weighted by Crippen LogP contribution is 2.28. The second kappa shape index (κ2) is 9.99. The van der Waals surface area contributed by atoms with Crippen molar-refractivity contribution in [3.05, 3.63) is 0 Å². The molecule has 0 amide bonds. The van der Waals surface area contributed by atoms with Crippen LogP contribution in [-0.4, -0.2) is 86.1 Å². The number of hydrogen-bond donors (Lipinski definition) is 1. The minimum atomic E-state index is -0.500. The number of hydrogen-bond acceptors (Lipinski definition) is 6. The fourth-order valence-corrected chi connectivity index (χ4v) is 4.59. The zero-order chi connectivity index (χ0) is 18.5. The van der Waals surface area contributed by atoms with Crippen molar-refractivity contribution in [3.8, 4) is 0 Å². The van der Waals surface area contributed by atoms with Crippen molar-refractivity contribution in [3.63, 3.8) is 0 Å². The van der Waals surface area contributed by atoms with Gasteiger partial charge in [-0.1, -0.05) is 19.3 Å². The smallest absolute Gasteiger partial charge is 0.101 e. The first-order valence-corrected chi connectivity index (χ1v) is 11.1. The van der Waals surface area contributed by atoms with Gasteiger partial charge in [0.1, 0.15) is 6.10 Å². The topological polar surface area (TPSA) is 67.0 Å². The van der Waals surface area contributed by atoms with Gasteiger partial charge in [-0.25, -0.2) is 0 Å². The van der Waals surface area contributed by atoms with Crippen LogP contribution in [0.3, 0.4) is 0 Å². The Hall–Kier alpha value is -0.240. The van der Waals surface area contributed by atoms with Gasteiger partial charge in [0.25, 0.3) is 0 Å². The van der Waals surface area contributed by atoms with Crippen molar-refractivity contribution in [2.24, 2.45) is 0 Å². The molecule has 4 rings (SSSR count). The van der Waals surface area contributed by atoms with Gasteiger partial charge in [-0.15, -0.1) is 0 Å². The molecule has 3 atom stereocenters. The standard InChI is InChI=1S/C21H37NO5/c23-17(12-24-18-4-2-1-3-5-18)13-25-19-8-6-16(7-9-19)22(10-20-14-26-20)11-21-15-27-21/h16-21,23H,1-15H2. The van der Waals surface area contributed by atoms with Gasteiger partial charge in [0, 0.05) is 19.1 Å². The van der Waals surface area contributed by atoms with Gasteiger partial charge in [0.2, 0.25) is 0 Å². The Bertz CT molecular complexity index is 414. The first-order valence-electron chi connectivity index (χ1n) is 11.1. The molecule has 0 aromatic carbocycles. The number of aliphatic hydroxyl groups excluding tert-OH is 1. The Morgan fingerprint density at radius 1 is 0.778 bits per heavy atom. The van der Waals surface area contributed by atoms with E-state index in [4.69, 9.17) is 18.9 Å². The van der Waals surface area contributed by atoms with Crippen molar-refractivity contribution in [1.82, 2.24) is 4.90 Å². The van der Waals surface area contributed by atoms with E-state index in [-0.39, 0.29) is 6.10 Å². The molecule has 2 aliphatic carbocycles. The van der Waals surface area contributed by atoms with E-state index in [2.05, 4.69) is 4.90 Å². The predicted octanol–water partition coefficient (Wildman–Crippen LogP) is 2.12. The van der Waals surface area contributed by atoms with Gasteiger partial charge < -0.3 is 24.1 Å². The second-order valence-corrected chi connectivity index (χ2v) is 8.88. The van der Waals surface area contributed by atoms with Crippen LogP contribution < -0.4 is 0 Å². The number of epoxide rings is 2. The molecule has 0 aromatic rings. The number of nitrogens with zero attached hydrogens (tertiary/aromatic N) is 1. The molecule has 0 aromatic heterocycles. The van der Waals surface area contributed by atoms with E-state index in [9.17, 15) is 5.11 Å². The molecular formula is C21H37NO5. The summed E-state index contributed by atoms with van der Waals surface area (Å²) >= 11 is 0. The van der Waals surface area contributed by atoms with Crippen LogP contribution in [0.5, 0.6) is 0 Å². The van der Waals surface area contributed by atoms with Crippen LogP contribution in [0.25, 0.3) is 0 Å². The molecule has 6 heteroatoms. The van der Waals surface area contributed by atoms with E-state index in [1.54, 1.807) is 0 Å². The minimum absolute atomic E-state index is 0.279. The Balaban J connectivity index is 1.10. The van der Waals surface area contributed by atoms with Crippen LogP contribution in [-0.2, 0) is 18.9 Å². The van der Waals surface area contributed by atoms with Crippen molar-refractivity contribution < 1.29 is 24.1 Å². The predicted molar refractivity (Wildman–Crippen MR) is 102 cm³/mol. The van der Waals surface area contributed by atoms with Crippen molar-refractivity contribution in [2.45, 2.75) is 94.3 Å². The molecule has 0 bridgehead atoms. The summed E-state index contributed by atoms with van der Waals surface area (Å²) in [4.78, 5) is 2.58. The van der Waals surface area contributed by atoms with E-state index in [1.807, 2.05) is 0 Å². The summed E-state index contributed by atoms with van der Waals surface area (Å²) in [5.41, 5.74) is 0. The largest absolute Gasteiger partial charge is 0.388 e. The SMILES string of the molecule is OC(COC1CCCCC1)COC1CCC(N(CC2CO2)CC2CO2)CC1. The molecule has 0 radical (unpaired) electrons. The van der Waals surface area contributed by atoms with Gasteiger partial charge in [0.05, 0.1) is 50.8 Å². The first-order chi connectivity index (χ1) is 13.3. The Labute approximate surface area is 163 Å². The van der Waals surface area contributed by atoms with Crippen LogP contribution >= 0.6 is 0 Å². The Morgan fingerprint density at radius 3 is 1.81 bits per heavy atom. The third-order valence-electron chi connectivity index (χ3n) is 6.44. The average molecular weight is 384 g/mol. The zero-order valence-corrected chi connectivity index (χ0v) is 16.6. The summed E-state index contributed by atoms with van der Waals surface area (Å²) in [6.45, 7) is 4.75. The molecule has 27 heavy (non-hydrogen) atoms. The average Bonchev–Trinajstić information content (AvgIpc) is 3.62. The maximum Gasteiger partial charge on any atom is 0.101 e. The van der Waals surface area contributed by atoms with Crippen LogP contribution in [0.1, 0.15) is 57.8 Å². The van der Waals surface area contributed by atoms with Gasteiger partial charge >= 0.3 is 0 Å². The first kappa shape index (κ1) is 20.0. The molecule has 2 saturated carbocycles. The third kappa shape index (κ3) is 6.94. The highest BCUT2D eigenvalue weighted by atomic mass is 16.6. The minimum Gasteiger partial charge on any atom is -0.388 e. The maximum atomic E-state index is 10.2. The van der Waals surface area contributed by atoms with Crippen molar-refractivity contribution >= 4 is 0 Å². The number of aliphatic hydroxyl groups is 1. The fraction of sp³-hybridized carbons (Fsp3) is 1.00. The van der Waals surface area contributed by atoms with E-state index in [1.165, 1.54) is 32.1 Å². The summed E-state index contributed by atoms with van der Waals surface area (Å²) in [6.07, 6.45) is 11.6. The summed E-state index contributed by atoms with van der Waals surface area (Å²) in [6, 6.07) is 0.623. The quantitative estimate of drug-likeness (QED) is 0.551. The third-order valence-corrected chi connectivity index (χ3v) is 6.44. The van der Waals surface area contributed by atoms with E-state index in [0.717, 1.165) is 52.0 Å². The highest BCUT2D eigenvalue weighted by Gasteiger charge is 2.35. The van der Waals surface area contributed by atoms with Gasteiger partial charge in [-0.2, -0.15) is 0 Å². The summed E-state index contributed by atoms with van der Waals surface area (Å²) < 4.78 is 22.7. The van der Waals surface area contributed by atoms with E-state index >= 15 is 0 Å². The van der Waals surface area contributed by atoms with Gasteiger partial charge in [-0.3, -0.25) is 4.90 Å². The molecule has 4 fully saturated rings. The molecule has 2 saturated heterocycles. The Morgan fingerprint density at radius 2 is 1.30 bits per heavy atom. The molecule has 6 nitrogen and oxygen atoms in total. The maximum absolute atomic E-state index is 10.2. The van der Waals surface area contributed by atoms with Crippen molar-refractivity contribution in [2.75, 3.05) is 39.5 Å². The molecule has 156 valence electrons. The fourth-order valence-electron chi connectivity index (χ4n) is 4.59. The van der Waals surface area contributed by atoms with E-state index in [0.29, 0.717) is 37.6 Å². The van der Waals surface area contributed by atoms with Gasteiger partial charge in [0.15, 0.2) is 0 Å². The van der Waals surface area contributed by atoms with Crippen LogP contribution in [0.15, 0.2) is 0 Å². The highest BCUT2D eigenvalue weighted by molar-refractivity contribution is 4.87. The molecule has 2 aliphatic heterocycles. The monoisotopic (exact) mass is 383 g/mol. The normalized spacial score (nSPS) is 35.3. The number of ether oxygens (including phenoxy) is 4. The summed E-state index contributed by atoms with van der Waals surface area (Å²) in [5, 5.41) is 10.2. The van der Waals surface area contributed by atoms with Gasteiger partial charge in [-0.05, 0) is 38.5 Å². The van der Waals surface area contributed by atoms with E-state index < -0.39 is 6.10 Å².